The van der Waals surface area contributed by atoms with Crippen molar-refractivity contribution in [3.8, 4) is 0 Å². The number of ether oxygens (including phenoxy) is 1. The van der Waals surface area contributed by atoms with Crippen molar-refractivity contribution >= 4 is 12.0 Å². The van der Waals surface area contributed by atoms with Gasteiger partial charge in [-0.3, -0.25) is 9.48 Å². The van der Waals surface area contributed by atoms with Gasteiger partial charge < -0.3 is 10.1 Å². The summed E-state index contributed by atoms with van der Waals surface area (Å²) < 4.78 is 7.46. The molecule has 0 aliphatic carbocycles. The van der Waals surface area contributed by atoms with Crippen molar-refractivity contribution in [2.24, 2.45) is 7.05 Å². The van der Waals surface area contributed by atoms with E-state index in [1.165, 1.54) is 6.08 Å². The molecule has 1 aromatic carbocycles. The molecule has 2 rings (SSSR count). The van der Waals surface area contributed by atoms with E-state index >= 15 is 0 Å². The molecule has 0 saturated heterocycles. The second-order valence-electron chi connectivity index (χ2n) is 5.35. The van der Waals surface area contributed by atoms with Crippen LogP contribution in [-0.4, -0.2) is 28.8 Å². The first-order valence-electron chi connectivity index (χ1n) is 7.76. The fourth-order valence-corrected chi connectivity index (χ4v) is 2.12. The monoisotopic (exact) mass is 313 g/mol. The maximum absolute atomic E-state index is 11.7. The summed E-state index contributed by atoms with van der Waals surface area (Å²) in [5.41, 5.74) is 2.07. The number of nitrogens with zero attached hydrogens (tertiary/aromatic N) is 2. The van der Waals surface area contributed by atoms with E-state index in [2.05, 4.69) is 22.5 Å². The van der Waals surface area contributed by atoms with Gasteiger partial charge in [0.05, 0.1) is 12.3 Å². The van der Waals surface area contributed by atoms with Gasteiger partial charge in [0.1, 0.15) is 0 Å². The van der Waals surface area contributed by atoms with Crippen molar-refractivity contribution in [2.75, 3.05) is 13.2 Å². The van der Waals surface area contributed by atoms with Crippen molar-refractivity contribution < 1.29 is 9.53 Å². The Morgan fingerprint density at radius 3 is 2.87 bits per heavy atom. The fourth-order valence-electron chi connectivity index (χ4n) is 2.12. The van der Waals surface area contributed by atoms with Crippen LogP contribution in [0.3, 0.4) is 0 Å². The highest BCUT2D eigenvalue weighted by Gasteiger charge is 2.04. The first kappa shape index (κ1) is 17.0. The molecule has 1 aromatic heterocycles. The third-order valence-corrected chi connectivity index (χ3v) is 3.41. The lowest BCUT2D eigenvalue weighted by atomic mass is 10.1. The average Bonchev–Trinajstić information content (AvgIpc) is 2.98. The van der Waals surface area contributed by atoms with Gasteiger partial charge in [0.25, 0.3) is 0 Å². The quantitative estimate of drug-likeness (QED) is 0.602. The Morgan fingerprint density at radius 2 is 2.17 bits per heavy atom. The van der Waals surface area contributed by atoms with Gasteiger partial charge in [0, 0.05) is 38.0 Å². The van der Waals surface area contributed by atoms with E-state index in [1.807, 2.05) is 38.4 Å². The third kappa shape index (κ3) is 6.08. The molecule has 0 radical (unpaired) electrons. The molecule has 23 heavy (non-hydrogen) atoms. The molecule has 0 unspecified atom stereocenters. The normalized spacial score (nSPS) is 12.4. The Morgan fingerprint density at radius 1 is 1.39 bits per heavy atom. The van der Waals surface area contributed by atoms with Crippen LogP contribution in [0.5, 0.6) is 0 Å². The van der Waals surface area contributed by atoms with Crippen LogP contribution in [-0.2, 0) is 16.6 Å². The maximum atomic E-state index is 11.7. The van der Waals surface area contributed by atoms with Gasteiger partial charge in [-0.15, -0.1) is 0 Å². The number of aromatic nitrogens is 2. The SMILES string of the molecule is C[C@H](OCCCNC(=O)/C=C/c1cnn(C)c1)c1ccccc1. The van der Waals surface area contributed by atoms with Crippen LogP contribution in [0.25, 0.3) is 6.08 Å². The highest BCUT2D eigenvalue weighted by molar-refractivity contribution is 5.91. The van der Waals surface area contributed by atoms with Crippen molar-refractivity contribution in [3.05, 3.63) is 59.9 Å². The number of carbonyl (C=O) groups excluding carboxylic acids is 1. The molecular formula is C18H23N3O2. The molecular weight excluding hydrogens is 290 g/mol. The van der Waals surface area contributed by atoms with Crippen LogP contribution < -0.4 is 5.32 Å². The summed E-state index contributed by atoms with van der Waals surface area (Å²) in [7, 11) is 1.84. The molecule has 122 valence electrons. The topological polar surface area (TPSA) is 56.1 Å². The van der Waals surface area contributed by atoms with Gasteiger partial charge in [-0.25, -0.2) is 0 Å². The number of amides is 1. The van der Waals surface area contributed by atoms with E-state index in [9.17, 15) is 4.79 Å². The molecule has 1 atom stereocenters. The summed E-state index contributed by atoms with van der Waals surface area (Å²) in [6.45, 7) is 3.24. The van der Waals surface area contributed by atoms with E-state index in [4.69, 9.17) is 4.74 Å². The molecule has 1 amide bonds. The molecule has 0 aliphatic heterocycles. The number of benzene rings is 1. The van der Waals surface area contributed by atoms with Gasteiger partial charge in [-0.05, 0) is 25.0 Å². The zero-order valence-electron chi connectivity index (χ0n) is 13.6. The number of rotatable bonds is 8. The van der Waals surface area contributed by atoms with Crippen molar-refractivity contribution in [3.63, 3.8) is 0 Å². The van der Waals surface area contributed by atoms with E-state index in [0.717, 1.165) is 17.5 Å². The molecule has 1 N–H and O–H groups in total. The first-order valence-corrected chi connectivity index (χ1v) is 7.76. The smallest absolute Gasteiger partial charge is 0.244 e. The zero-order valence-corrected chi connectivity index (χ0v) is 13.6. The predicted molar refractivity (Wildman–Crippen MR) is 90.7 cm³/mol. The lowest BCUT2D eigenvalue weighted by Gasteiger charge is -2.13. The minimum atomic E-state index is -0.107. The van der Waals surface area contributed by atoms with Gasteiger partial charge in [0.15, 0.2) is 0 Å². The zero-order chi connectivity index (χ0) is 16.5. The third-order valence-electron chi connectivity index (χ3n) is 3.41. The highest BCUT2D eigenvalue weighted by Crippen LogP contribution is 2.15. The lowest BCUT2D eigenvalue weighted by Crippen LogP contribution is -2.23. The fraction of sp³-hybridized carbons (Fsp3) is 0.333. The molecule has 0 spiro atoms. The Balaban J connectivity index is 1.60. The first-order chi connectivity index (χ1) is 11.1. The van der Waals surface area contributed by atoms with Crippen LogP contribution >= 0.6 is 0 Å². The molecule has 0 bridgehead atoms. The number of aryl methyl sites for hydroxylation is 1. The lowest BCUT2D eigenvalue weighted by molar-refractivity contribution is -0.116. The molecule has 0 aliphatic rings. The molecule has 5 nitrogen and oxygen atoms in total. The number of nitrogens with one attached hydrogen (secondary N) is 1. The van der Waals surface area contributed by atoms with Crippen molar-refractivity contribution in [1.29, 1.82) is 0 Å². The minimum absolute atomic E-state index is 0.0670. The Hall–Kier alpha value is -2.40. The highest BCUT2D eigenvalue weighted by atomic mass is 16.5. The van der Waals surface area contributed by atoms with Gasteiger partial charge in [-0.2, -0.15) is 5.10 Å². The summed E-state index contributed by atoms with van der Waals surface area (Å²) in [5, 5.41) is 6.88. The molecule has 5 heteroatoms. The van der Waals surface area contributed by atoms with Gasteiger partial charge >= 0.3 is 0 Å². The molecule has 0 saturated carbocycles. The maximum Gasteiger partial charge on any atom is 0.244 e. The standard InChI is InChI=1S/C18H23N3O2/c1-15(17-7-4-3-5-8-17)23-12-6-11-19-18(22)10-9-16-13-20-21(2)14-16/h3-5,7-10,13-15H,6,11-12H2,1-2H3,(H,19,22)/b10-9+/t15-/m0/s1. The number of hydrogen-bond donors (Lipinski definition) is 1. The van der Waals surface area contributed by atoms with Crippen LogP contribution in [0, 0.1) is 0 Å². The van der Waals surface area contributed by atoms with Gasteiger partial charge in [-0.1, -0.05) is 30.3 Å². The van der Waals surface area contributed by atoms with Gasteiger partial charge in [0.2, 0.25) is 5.91 Å². The van der Waals surface area contributed by atoms with Crippen LogP contribution in [0.15, 0.2) is 48.8 Å². The van der Waals surface area contributed by atoms with E-state index in [0.29, 0.717) is 13.2 Å². The largest absolute Gasteiger partial charge is 0.374 e. The molecule has 1 heterocycles. The van der Waals surface area contributed by atoms with Crippen LogP contribution in [0.4, 0.5) is 0 Å². The summed E-state index contributed by atoms with van der Waals surface area (Å²) in [6, 6.07) is 10.1. The van der Waals surface area contributed by atoms with Crippen LogP contribution in [0.1, 0.15) is 30.6 Å². The summed E-state index contributed by atoms with van der Waals surface area (Å²) >= 11 is 0. The Labute approximate surface area is 137 Å². The van der Waals surface area contributed by atoms with E-state index in [-0.39, 0.29) is 12.0 Å². The van der Waals surface area contributed by atoms with Crippen LogP contribution in [0.2, 0.25) is 0 Å². The van der Waals surface area contributed by atoms with E-state index in [1.54, 1.807) is 17.0 Å². The summed E-state index contributed by atoms with van der Waals surface area (Å²) in [5.74, 6) is -0.107. The Kier molecular flexibility index (Phi) is 6.56. The van der Waals surface area contributed by atoms with E-state index < -0.39 is 0 Å². The minimum Gasteiger partial charge on any atom is -0.374 e. The van der Waals surface area contributed by atoms with Crippen molar-refractivity contribution in [2.45, 2.75) is 19.4 Å². The summed E-state index contributed by atoms with van der Waals surface area (Å²) in [6.07, 6.45) is 7.67. The Bertz CT molecular complexity index is 635. The average molecular weight is 313 g/mol. The second kappa shape index (κ2) is 8.90. The van der Waals surface area contributed by atoms with Crippen molar-refractivity contribution in [1.82, 2.24) is 15.1 Å². The summed E-state index contributed by atoms with van der Waals surface area (Å²) in [4.78, 5) is 11.7. The molecule has 0 fully saturated rings. The number of hydrogen-bond acceptors (Lipinski definition) is 3. The predicted octanol–water partition coefficient (Wildman–Crippen LogP) is 2.72. The molecule has 2 aromatic rings. The second-order valence-corrected chi connectivity index (χ2v) is 5.35. The number of carbonyl (C=O) groups is 1.